The molecule has 2 aliphatic rings. The minimum Gasteiger partial charge on any atom is -0.323 e. The van der Waals surface area contributed by atoms with Gasteiger partial charge in [0.15, 0.2) is 0 Å². The lowest BCUT2D eigenvalue weighted by Crippen LogP contribution is -2.19. The van der Waals surface area contributed by atoms with E-state index in [1.54, 1.807) is 0 Å². The minimum absolute atomic E-state index is 0.175. The Bertz CT molecular complexity index is 390. The van der Waals surface area contributed by atoms with Crippen LogP contribution in [-0.2, 0) is 6.42 Å². The van der Waals surface area contributed by atoms with Crippen LogP contribution >= 0.6 is 11.5 Å². The average molecular weight is 251 g/mol. The Morgan fingerprint density at radius 1 is 1.41 bits per heavy atom. The molecule has 4 heteroatoms. The van der Waals surface area contributed by atoms with Gasteiger partial charge in [0.05, 0.1) is 10.6 Å². The van der Waals surface area contributed by atoms with Crippen LogP contribution in [0.2, 0.25) is 0 Å². The molecule has 3 rings (SSSR count). The van der Waals surface area contributed by atoms with Gasteiger partial charge in [-0.1, -0.05) is 17.8 Å². The quantitative estimate of drug-likeness (QED) is 0.895. The van der Waals surface area contributed by atoms with Crippen molar-refractivity contribution in [1.82, 2.24) is 9.59 Å². The fraction of sp³-hybridized carbons (Fsp3) is 0.846. The fourth-order valence-electron chi connectivity index (χ4n) is 3.84. The van der Waals surface area contributed by atoms with Crippen LogP contribution in [0, 0.1) is 17.8 Å². The summed E-state index contributed by atoms with van der Waals surface area (Å²) in [7, 11) is 0. The van der Waals surface area contributed by atoms with Gasteiger partial charge < -0.3 is 5.73 Å². The van der Waals surface area contributed by atoms with Gasteiger partial charge in [-0.05, 0) is 61.4 Å². The molecule has 2 N–H and O–H groups in total. The van der Waals surface area contributed by atoms with E-state index in [4.69, 9.17) is 5.73 Å². The molecule has 4 unspecified atom stereocenters. The predicted molar refractivity (Wildman–Crippen MR) is 69.8 cm³/mol. The van der Waals surface area contributed by atoms with Crippen LogP contribution in [0.1, 0.15) is 55.6 Å². The van der Waals surface area contributed by atoms with Gasteiger partial charge in [-0.2, -0.15) is 0 Å². The van der Waals surface area contributed by atoms with Crippen LogP contribution in [0.4, 0.5) is 0 Å². The van der Waals surface area contributed by atoms with Crippen molar-refractivity contribution in [3.63, 3.8) is 0 Å². The van der Waals surface area contributed by atoms with E-state index in [0.29, 0.717) is 0 Å². The number of hydrogen-bond acceptors (Lipinski definition) is 4. The second-order valence-electron chi connectivity index (χ2n) is 5.71. The molecule has 2 bridgehead atoms. The van der Waals surface area contributed by atoms with E-state index in [-0.39, 0.29) is 6.04 Å². The Morgan fingerprint density at radius 2 is 2.29 bits per heavy atom. The van der Waals surface area contributed by atoms with Crippen molar-refractivity contribution in [3.8, 4) is 0 Å². The van der Waals surface area contributed by atoms with Crippen molar-refractivity contribution in [2.24, 2.45) is 23.5 Å². The first-order chi connectivity index (χ1) is 8.28. The molecule has 0 radical (unpaired) electrons. The van der Waals surface area contributed by atoms with Crippen LogP contribution in [0.5, 0.6) is 0 Å². The van der Waals surface area contributed by atoms with Crippen molar-refractivity contribution in [2.45, 2.75) is 51.5 Å². The molecule has 0 spiro atoms. The highest BCUT2D eigenvalue weighted by atomic mass is 32.1. The Kier molecular flexibility index (Phi) is 3.17. The van der Waals surface area contributed by atoms with Crippen molar-refractivity contribution in [2.75, 3.05) is 0 Å². The van der Waals surface area contributed by atoms with Gasteiger partial charge >= 0.3 is 0 Å². The van der Waals surface area contributed by atoms with E-state index in [0.717, 1.165) is 36.3 Å². The van der Waals surface area contributed by atoms with Gasteiger partial charge in [0.1, 0.15) is 0 Å². The summed E-state index contributed by atoms with van der Waals surface area (Å²) in [5.41, 5.74) is 7.47. The molecular weight excluding hydrogens is 230 g/mol. The van der Waals surface area contributed by atoms with Crippen molar-refractivity contribution >= 4 is 11.5 Å². The highest BCUT2D eigenvalue weighted by Crippen LogP contribution is 2.50. The standard InChI is InChI=1S/C13H21N3S/c1-2-12-13(17-16-15-12)11(14)7-10-6-8-3-4-9(10)5-8/h8-11H,2-7,14H2,1H3. The van der Waals surface area contributed by atoms with E-state index in [9.17, 15) is 0 Å². The summed E-state index contributed by atoms with van der Waals surface area (Å²) >= 11 is 1.50. The maximum Gasteiger partial charge on any atom is 0.0800 e. The number of rotatable bonds is 4. The summed E-state index contributed by atoms with van der Waals surface area (Å²) in [6.07, 6.45) is 7.92. The summed E-state index contributed by atoms with van der Waals surface area (Å²) < 4.78 is 4.05. The first-order valence-electron chi connectivity index (χ1n) is 6.84. The van der Waals surface area contributed by atoms with E-state index in [2.05, 4.69) is 16.5 Å². The topological polar surface area (TPSA) is 51.8 Å². The lowest BCUT2D eigenvalue weighted by atomic mass is 9.84. The second kappa shape index (κ2) is 4.65. The zero-order valence-electron chi connectivity index (χ0n) is 10.4. The first-order valence-corrected chi connectivity index (χ1v) is 7.62. The van der Waals surface area contributed by atoms with Gasteiger partial charge in [0.25, 0.3) is 0 Å². The fourth-order valence-corrected chi connectivity index (χ4v) is 4.59. The first kappa shape index (κ1) is 11.6. The molecule has 0 aliphatic heterocycles. The predicted octanol–water partition coefficient (Wildman–Crippen LogP) is 2.93. The van der Waals surface area contributed by atoms with Crippen LogP contribution in [0.3, 0.4) is 0 Å². The lowest BCUT2D eigenvalue weighted by Gasteiger charge is -2.24. The van der Waals surface area contributed by atoms with Gasteiger partial charge in [-0.3, -0.25) is 0 Å². The van der Waals surface area contributed by atoms with Gasteiger partial charge in [-0.25, -0.2) is 0 Å². The van der Waals surface area contributed by atoms with Gasteiger partial charge in [0, 0.05) is 6.04 Å². The minimum atomic E-state index is 0.175. The molecule has 3 nitrogen and oxygen atoms in total. The average Bonchev–Trinajstić information content (AvgIpc) is 3.04. The number of nitrogens with zero attached hydrogens (tertiary/aromatic N) is 2. The molecule has 1 aromatic heterocycles. The van der Waals surface area contributed by atoms with Crippen LogP contribution in [0.25, 0.3) is 0 Å². The molecule has 2 saturated carbocycles. The molecule has 1 heterocycles. The van der Waals surface area contributed by atoms with E-state index in [1.165, 1.54) is 42.1 Å². The second-order valence-corrected chi connectivity index (χ2v) is 6.50. The molecule has 2 aliphatic carbocycles. The molecule has 2 fully saturated rings. The molecule has 94 valence electrons. The molecule has 0 saturated heterocycles. The third-order valence-corrected chi connectivity index (χ3v) is 5.60. The SMILES string of the molecule is CCc1nnsc1C(N)CC1CC2CCC1C2. The Balaban J connectivity index is 1.65. The van der Waals surface area contributed by atoms with Crippen molar-refractivity contribution < 1.29 is 0 Å². The van der Waals surface area contributed by atoms with E-state index >= 15 is 0 Å². The van der Waals surface area contributed by atoms with Gasteiger partial charge in [-0.15, -0.1) is 5.10 Å². The summed E-state index contributed by atoms with van der Waals surface area (Å²) in [6, 6.07) is 0.175. The van der Waals surface area contributed by atoms with Crippen molar-refractivity contribution in [3.05, 3.63) is 10.6 Å². The molecular formula is C13H21N3S. The summed E-state index contributed by atoms with van der Waals surface area (Å²) in [5.74, 6) is 2.86. The van der Waals surface area contributed by atoms with Crippen LogP contribution < -0.4 is 5.73 Å². The highest BCUT2D eigenvalue weighted by molar-refractivity contribution is 7.05. The number of nitrogens with two attached hydrogens (primary N) is 1. The Hall–Kier alpha value is -0.480. The normalized spacial score (nSPS) is 33.2. The smallest absolute Gasteiger partial charge is 0.0800 e. The maximum absolute atomic E-state index is 6.36. The number of hydrogen-bond donors (Lipinski definition) is 1. The molecule has 17 heavy (non-hydrogen) atoms. The zero-order valence-corrected chi connectivity index (χ0v) is 11.2. The number of fused-ring (bicyclic) bond motifs is 2. The van der Waals surface area contributed by atoms with E-state index in [1.807, 2.05) is 0 Å². The van der Waals surface area contributed by atoms with Crippen LogP contribution in [-0.4, -0.2) is 9.59 Å². The Labute approximate surface area is 107 Å². The number of aromatic nitrogens is 2. The molecule has 0 amide bonds. The van der Waals surface area contributed by atoms with E-state index < -0.39 is 0 Å². The molecule has 0 aromatic carbocycles. The monoisotopic (exact) mass is 251 g/mol. The third kappa shape index (κ3) is 2.13. The zero-order chi connectivity index (χ0) is 11.8. The highest BCUT2D eigenvalue weighted by Gasteiger charge is 2.40. The maximum atomic E-state index is 6.36. The number of aryl methyl sites for hydroxylation is 1. The van der Waals surface area contributed by atoms with Gasteiger partial charge in [0.2, 0.25) is 0 Å². The molecule has 4 atom stereocenters. The summed E-state index contributed by atoms with van der Waals surface area (Å²) in [5, 5.41) is 4.17. The largest absolute Gasteiger partial charge is 0.323 e. The lowest BCUT2D eigenvalue weighted by molar-refractivity contribution is 0.297. The van der Waals surface area contributed by atoms with Crippen molar-refractivity contribution in [1.29, 1.82) is 0 Å². The molecule has 1 aromatic rings. The summed E-state index contributed by atoms with van der Waals surface area (Å²) in [6.45, 7) is 2.13. The third-order valence-electron chi connectivity index (χ3n) is 4.70. The summed E-state index contributed by atoms with van der Waals surface area (Å²) in [4.78, 5) is 1.23. The van der Waals surface area contributed by atoms with Crippen LogP contribution in [0.15, 0.2) is 0 Å². The Morgan fingerprint density at radius 3 is 2.94 bits per heavy atom.